The Bertz CT molecular complexity index is 478. The van der Waals surface area contributed by atoms with Crippen molar-refractivity contribution in [2.45, 2.75) is 46.7 Å². The van der Waals surface area contributed by atoms with Crippen LogP contribution in [0.25, 0.3) is 0 Å². The van der Waals surface area contributed by atoms with Gasteiger partial charge in [-0.25, -0.2) is 4.98 Å². The predicted octanol–water partition coefficient (Wildman–Crippen LogP) is 2.15. The zero-order valence-corrected chi connectivity index (χ0v) is 15.2. The minimum Gasteiger partial charge on any atom is -0.378 e. The standard InChI is InChI=1S/C17H31N5O/c1-13(2)22(14(3)4)7-6-18-16-12-15(5)19-17(20-16)21-8-10-23-11-9-21/h12-14H,6-11H2,1-5H3,(H,18,19,20). The van der Waals surface area contributed by atoms with Crippen molar-refractivity contribution in [3.05, 3.63) is 11.8 Å². The van der Waals surface area contributed by atoms with Crippen LogP contribution in [-0.2, 0) is 4.74 Å². The molecule has 2 heterocycles. The normalized spacial score (nSPS) is 15.7. The quantitative estimate of drug-likeness (QED) is 0.830. The van der Waals surface area contributed by atoms with Crippen molar-refractivity contribution in [2.75, 3.05) is 49.6 Å². The maximum Gasteiger partial charge on any atom is 0.227 e. The van der Waals surface area contributed by atoms with Gasteiger partial charge in [0.15, 0.2) is 0 Å². The number of hydrogen-bond donors (Lipinski definition) is 1. The van der Waals surface area contributed by atoms with Gasteiger partial charge in [0.25, 0.3) is 0 Å². The van der Waals surface area contributed by atoms with Gasteiger partial charge in [-0.3, -0.25) is 4.90 Å². The highest BCUT2D eigenvalue weighted by atomic mass is 16.5. The van der Waals surface area contributed by atoms with Crippen molar-refractivity contribution in [1.29, 1.82) is 0 Å². The third-order valence-electron chi connectivity index (χ3n) is 4.14. The molecular formula is C17H31N5O. The average Bonchev–Trinajstić information content (AvgIpc) is 2.51. The molecule has 1 fully saturated rings. The van der Waals surface area contributed by atoms with Gasteiger partial charge in [-0.15, -0.1) is 0 Å². The summed E-state index contributed by atoms with van der Waals surface area (Å²) in [5.74, 6) is 1.71. The molecule has 0 bridgehead atoms. The number of ether oxygens (including phenoxy) is 1. The van der Waals surface area contributed by atoms with Gasteiger partial charge in [-0.1, -0.05) is 0 Å². The number of nitrogens with zero attached hydrogens (tertiary/aromatic N) is 4. The Morgan fingerprint density at radius 1 is 1.17 bits per heavy atom. The number of aromatic nitrogens is 2. The first-order chi connectivity index (χ1) is 11.0. The van der Waals surface area contributed by atoms with E-state index in [1.54, 1.807) is 0 Å². The Kier molecular flexibility index (Phi) is 6.59. The molecule has 1 aromatic rings. The van der Waals surface area contributed by atoms with Gasteiger partial charge in [0, 0.05) is 50.0 Å². The fourth-order valence-corrected chi connectivity index (χ4v) is 2.97. The van der Waals surface area contributed by atoms with Gasteiger partial charge < -0.3 is 15.0 Å². The first-order valence-electron chi connectivity index (χ1n) is 8.65. The van der Waals surface area contributed by atoms with E-state index in [1.165, 1.54) is 0 Å². The number of anilines is 2. The molecular weight excluding hydrogens is 290 g/mol. The topological polar surface area (TPSA) is 53.5 Å². The number of aryl methyl sites for hydroxylation is 1. The molecule has 0 radical (unpaired) electrons. The van der Waals surface area contributed by atoms with Crippen LogP contribution >= 0.6 is 0 Å². The maximum atomic E-state index is 5.40. The van der Waals surface area contributed by atoms with E-state index >= 15 is 0 Å². The first-order valence-corrected chi connectivity index (χ1v) is 8.65. The average molecular weight is 321 g/mol. The highest BCUT2D eigenvalue weighted by molar-refractivity contribution is 5.43. The molecule has 0 spiro atoms. The van der Waals surface area contributed by atoms with Crippen molar-refractivity contribution in [3.63, 3.8) is 0 Å². The molecule has 1 aromatic heterocycles. The molecule has 6 nitrogen and oxygen atoms in total. The molecule has 0 aromatic carbocycles. The van der Waals surface area contributed by atoms with E-state index < -0.39 is 0 Å². The summed E-state index contributed by atoms with van der Waals surface area (Å²) in [5.41, 5.74) is 0.994. The molecule has 0 atom stereocenters. The van der Waals surface area contributed by atoms with Crippen LogP contribution in [0.1, 0.15) is 33.4 Å². The Morgan fingerprint density at radius 3 is 2.43 bits per heavy atom. The van der Waals surface area contributed by atoms with Crippen LogP contribution in [0.15, 0.2) is 6.07 Å². The van der Waals surface area contributed by atoms with Gasteiger partial charge >= 0.3 is 0 Å². The van der Waals surface area contributed by atoms with E-state index in [9.17, 15) is 0 Å². The molecule has 0 aliphatic carbocycles. The van der Waals surface area contributed by atoms with Crippen LogP contribution < -0.4 is 10.2 Å². The number of morpholine rings is 1. The second kappa shape index (κ2) is 8.45. The molecule has 1 aliphatic heterocycles. The molecule has 0 unspecified atom stereocenters. The summed E-state index contributed by atoms with van der Waals surface area (Å²) in [6.07, 6.45) is 0. The highest BCUT2D eigenvalue weighted by Crippen LogP contribution is 2.15. The molecule has 23 heavy (non-hydrogen) atoms. The third kappa shape index (κ3) is 5.32. The van der Waals surface area contributed by atoms with E-state index in [4.69, 9.17) is 4.74 Å². The van der Waals surface area contributed by atoms with Gasteiger partial charge in [0.2, 0.25) is 5.95 Å². The fourth-order valence-electron chi connectivity index (χ4n) is 2.97. The molecule has 6 heteroatoms. The Hall–Kier alpha value is -1.40. The van der Waals surface area contributed by atoms with E-state index in [0.29, 0.717) is 12.1 Å². The second-order valence-electron chi connectivity index (χ2n) is 6.65. The largest absolute Gasteiger partial charge is 0.378 e. The summed E-state index contributed by atoms with van der Waals surface area (Å²) in [6, 6.07) is 3.11. The van der Waals surface area contributed by atoms with E-state index in [0.717, 1.165) is 56.9 Å². The third-order valence-corrected chi connectivity index (χ3v) is 4.14. The lowest BCUT2D eigenvalue weighted by Gasteiger charge is -2.30. The molecule has 0 amide bonds. The molecule has 130 valence electrons. The smallest absolute Gasteiger partial charge is 0.227 e. The molecule has 1 N–H and O–H groups in total. The van der Waals surface area contributed by atoms with E-state index in [1.807, 2.05) is 13.0 Å². The van der Waals surface area contributed by atoms with Crippen molar-refractivity contribution in [2.24, 2.45) is 0 Å². The van der Waals surface area contributed by atoms with Gasteiger partial charge in [-0.2, -0.15) is 4.98 Å². The minimum atomic E-state index is 0.549. The summed E-state index contributed by atoms with van der Waals surface area (Å²) in [7, 11) is 0. The van der Waals surface area contributed by atoms with Crippen molar-refractivity contribution in [3.8, 4) is 0 Å². The predicted molar refractivity (Wildman–Crippen MR) is 95.3 cm³/mol. The first kappa shape index (κ1) is 17.9. The van der Waals surface area contributed by atoms with Crippen molar-refractivity contribution >= 4 is 11.8 Å². The summed E-state index contributed by atoms with van der Waals surface area (Å²) < 4.78 is 5.40. The Morgan fingerprint density at radius 2 is 1.83 bits per heavy atom. The summed E-state index contributed by atoms with van der Waals surface area (Å²) >= 11 is 0. The number of nitrogens with one attached hydrogen (secondary N) is 1. The van der Waals surface area contributed by atoms with Crippen LogP contribution in [-0.4, -0.2) is 66.3 Å². The van der Waals surface area contributed by atoms with Crippen LogP contribution in [0.4, 0.5) is 11.8 Å². The highest BCUT2D eigenvalue weighted by Gasteiger charge is 2.16. The van der Waals surface area contributed by atoms with Crippen LogP contribution in [0, 0.1) is 6.92 Å². The molecule has 1 aliphatic rings. The Labute approximate surface area is 140 Å². The lowest BCUT2D eigenvalue weighted by atomic mass is 10.2. The van der Waals surface area contributed by atoms with Gasteiger partial charge in [0.05, 0.1) is 13.2 Å². The van der Waals surface area contributed by atoms with Crippen LogP contribution in [0.5, 0.6) is 0 Å². The van der Waals surface area contributed by atoms with Crippen LogP contribution in [0.3, 0.4) is 0 Å². The van der Waals surface area contributed by atoms with E-state index in [2.05, 4.69) is 52.8 Å². The maximum absolute atomic E-state index is 5.40. The summed E-state index contributed by atoms with van der Waals surface area (Å²) in [4.78, 5) is 13.9. The lowest BCUT2D eigenvalue weighted by Crippen LogP contribution is -2.40. The number of hydrogen-bond acceptors (Lipinski definition) is 6. The SMILES string of the molecule is Cc1cc(NCCN(C(C)C)C(C)C)nc(N2CCOCC2)n1. The van der Waals surface area contributed by atoms with Gasteiger partial charge in [0.1, 0.15) is 5.82 Å². The number of rotatable bonds is 7. The zero-order valence-electron chi connectivity index (χ0n) is 15.2. The van der Waals surface area contributed by atoms with Crippen molar-refractivity contribution in [1.82, 2.24) is 14.9 Å². The monoisotopic (exact) mass is 321 g/mol. The Balaban J connectivity index is 1.95. The van der Waals surface area contributed by atoms with Gasteiger partial charge in [-0.05, 0) is 34.6 Å². The minimum absolute atomic E-state index is 0.549. The van der Waals surface area contributed by atoms with E-state index in [-0.39, 0.29) is 0 Å². The molecule has 1 saturated heterocycles. The zero-order chi connectivity index (χ0) is 16.8. The van der Waals surface area contributed by atoms with Crippen LogP contribution in [0.2, 0.25) is 0 Å². The molecule has 0 saturated carbocycles. The fraction of sp³-hybridized carbons (Fsp3) is 0.765. The second-order valence-corrected chi connectivity index (χ2v) is 6.65. The summed E-state index contributed by atoms with van der Waals surface area (Å²) in [5, 5.41) is 3.45. The summed E-state index contributed by atoms with van der Waals surface area (Å²) in [6.45, 7) is 16.1. The van der Waals surface area contributed by atoms with Crippen molar-refractivity contribution < 1.29 is 4.74 Å². The lowest BCUT2D eigenvalue weighted by molar-refractivity contribution is 0.122. The molecule has 2 rings (SSSR count).